The first-order valence-corrected chi connectivity index (χ1v) is 10.8. The van der Waals surface area contributed by atoms with Crippen molar-refractivity contribution in [2.24, 2.45) is 0 Å². The molecule has 1 heterocycles. The molecular weight excluding hydrogens is 410 g/mol. The number of fused-ring (bicyclic) bond motifs is 1. The molecule has 2 aromatic carbocycles. The van der Waals surface area contributed by atoms with Crippen molar-refractivity contribution in [1.82, 2.24) is 14.9 Å². The molecule has 1 aromatic heterocycles. The molecule has 6 nitrogen and oxygen atoms in total. The Morgan fingerprint density at radius 1 is 1.21 bits per heavy atom. The number of amides is 1. The van der Waals surface area contributed by atoms with Crippen molar-refractivity contribution in [1.29, 1.82) is 0 Å². The summed E-state index contributed by atoms with van der Waals surface area (Å²) in [4.78, 5) is 29.4. The summed E-state index contributed by atoms with van der Waals surface area (Å²) in [5.41, 5.74) is 2.55. The van der Waals surface area contributed by atoms with Crippen LogP contribution in [0.25, 0.3) is 11.0 Å². The minimum atomic E-state index is -0.508. The Morgan fingerprint density at radius 2 is 1.93 bits per heavy atom. The van der Waals surface area contributed by atoms with E-state index in [9.17, 15) is 9.59 Å². The maximum absolute atomic E-state index is 12.9. The zero-order valence-corrected chi connectivity index (χ0v) is 17.8. The summed E-state index contributed by atoms with van der Waals surface area (Å²) in [6.45, 7) is 0.113. The van der Waals surface area contributed by atoms with E-state index in [1.807, 2.05) is 35.1 Å². The molecule has 1 amide bonds. The van der Waals surface area contributed by atoms with Crippen LogP contribution in [0.1, 0.15) is 23.9 Å². The van der Waals surface area contributed by atoms with Crippen molar-refractivity contribution >= 4 is 46.3 Å². The molecule has 29 heavy (non-hydrogen) atoms. The van der Waals surface area contributed by atoms with Gasteiger partial charge in [0.25, 0.3) is 0 Å². The molecule has 1 unspecified atom stereocenters. The van der Waals surface area contributed by atoms with Gasteiger partial charge >= 0.3 is 5.97 Å². The van der Waals surface area contributed by atoms with Crippen LogP contribution in [0.5, 0.6) is 0 Å². The van der Waals surface area contributed by atoms with Gasteiger partial charge < -0.3 is 14.6 Å². The number of benzene rings is 2. The number of carbonyl (C=O) groups is 2. The molecule has 3 rings (SSSR count). The summed E-state index contributed by atoms with van der Waals surface area (Å²) >= 11 is 7.61. The van der Waals surface area contributed by atoms with Crippen molar-refractivity contribution in [2.45, 2.75) is 24.8 Å². The Morgan fingerprint density at radius 3 is 2.62 bits per heavy atom. The van der Waals surface area contributed by atoms with Crippen molar-refractivity contribution in [3.8, 4) is 0 Å². The van der Waals surface area contributed by atoms with Crippen LogP contribution in [0, 0.1) is 0 Å². The highest BCUT2D eigenvalue weighted by molar-refractivity contribution is 7.97. The Hall–Kier alpha value is -2.51. The van der Waals surface area contributed by atoms with Crippen LogP contribution in [0.15, 0.2) is 48.5 Å². The molecule has 0 aliphatic carbocycles. The highest BCUT2D eigenvalue weighted by Crippen LogP contribution is 2.22. The lowest BCUT2D eigenvalue weighted by molar-refractivity contribution is -0.141. The highest BCUT2D eigenvalue weighted by Gasteiger charge is 2.20. The molecule has 0 saturated carbocycles. The second-order valence-electron chi connectivity index (χ2n) is 6.49. The average molecular weight is 432 g/mol. The predicted octanol–water partition coefficient (Wildman–Crippen LogP) is 3.97. The molecule has 152 valence electrons. The minimum absolute atomic E-state index is 0.0339. The second-order valence-corrected chi connectivity index (χ2v) is 7.79. The Kier molecular flexibility index (Phi) is 7.17. The third-order valence-electron chi connectivity index (χ3n) is 4.51. The van der Waals surface area contributed by atoms with Gasteiger partial charge in [0.05, 0.1) is 36.4 Å². The fourth-order valence-electron chi connectivity index (χ4n) is 3.12. The Labute approximate surface area is 178 Å². The third-order valence-corrected chi connectivity index (χ3v) is 5.31. The Balaban J connectivity index is 1.83. The molecule has 1 atom stereocenters. The van der Waals surface area contributed by atoms with Crippen molar-refractivity contribution in [3.05, 3.63) is 64.9 Å². The smallest absolute Gasteiger partial charge is 0.307 e. The number of rotatable bonds is 8. The molecule has 0 radical (unpaired) electrons. The number of nitrogens with one attached hydrogen (secondary N) is 1. The van der Waals surface area contributed by atoms with Crippen LogP contribution in [-0.2, 0) is 26.6 Å². The summed E-state index contributed by atoms with van der Waals surface area (Å²) < 4.78 is 6.70. The SMILES string of the molecule is COC(=O)CC(NC(=O)Cn1c(CSC)nc2ccccc21)c1ccc(Cl)cc1. The molecule has 8 heteroatoms. The zero-order chi connectivity index (χ0) is 20.8. The number of thioether (sulfide) groups is 1. The molecule has 0 aliphatic rings. The molecule has 0 spiro atoms. The summed E-state index contributed by atoms with van der Waals surface area (Å²) in [6.07, 6.45) is 2.03. The molecule has 0 saturated heterocycles. The number of ether oxygens (including phenoxy) is 1. The number of carbonyl (C=O) groups excluding carboxylic acids is 2. The van der Waals surface area contributed by atoms with E-state index in [0.717, 1.165) is 22.4 Å². The summed E-state index contributed by atoms with van der Waals surface area (Å²) in [7, 11) is 1.33. The number of halogens is 1. The number of esters is 1. The van der Waals surface area contributed by atoms with E-state index < -0.39 is 12.0 Å². The van der Waals surface area contributed by atoms with Crippen molar-refractivity contribution < 1.29 is 14.3 Å². The van der Waals surface area contributed by atoms with Gasteiger partial charge in [-0.2, -0.15) is 11.8 Å². The van der Waals surface area contributed by atoms with Gasteiger partial charge in [-0.25, -0.2) is 4.98 Å². The van der Waals surface area contributed by atoms with E-state index in [1.165, 1.54) is 7.11 Å². The van der Waals surface area contributed by atoms with Crippen molar-refractivity contribution in [3.63, 3.8) is 0 Å². The largest absolute Gasteiger partial charge is 0.469 e. The lowest BCUT2D eigenvalue weighted by Crippen LogP contribution is -2.33. The minimum Gasteiger partial charge on any atom is -0.469 e. The van der Waals surface area contributed by atoms with Crippen molar-refractivity contribution in [2.75, 3.05) is 13.4 Å². The standard InChI is InChI=1S/C21H22ClN3O3S/c1-28-21(27)11-17(14-7-9-15(22)10-8-14)24-20(26)12-25-18-6-4-3-5-16(18)23-19(25)13-29-2/h3-10,17H,11-13H2,1-2H3,(H,24,26). The normalized spacial score (nSPS) is 12.0. The maximum Gasteiger partial charge on any atom is 0.307 e. The number of aromatic nitrogens is 2. The number of methoxy groups -OCH3 is 1. The van der Waals surface area contributed by atoms with Crippen LogP contribution in [0.2, 0.25) is 5.02 Å². The molecule has 0 bridgehead atoms. The topological polar surface area (TPSA) is 73.2 Å². The zero-order valence-electron chi connectivity index (χ0n) is 16.2. The molecule has 3 aromatic rings. The first-order valence-electron chi connectivity index (χ1n) is 9.06. The molecule has 0 fully saturated rings. The maximum atomic E-state index is 12.9. The van der Waals surface area contributed by atoms with Gasteiger partial charge in [0.15, 0.2) is 0 Å². The quantitative estimate of drug-likeness (QED) is 0.546. The lowest BCUT2D eigenvalue weighted by Gasteiger charge is -2.19. The predicted molar refractivity (Wildman–Crippen MR) is 116 cm³/mol. The van der Waals surface area contributed by atoms with E-state index in [2.05, 4.69) is 10.3 Å². The third kappa shape index (κ3) is 5.31. The number of hydrogen-bond acceptors (Lipinski definition) is 5. The first kappa shape index (κ1) is 21.2. The fourth-order valence-corrected chi connectivity index (χ4v) is 3.73. The summed E-state index contributed by atoms with van der Waals surface area (Å²) in [6, 6.07) is 14.3. The summed E-state index contributed by atoms with van der Waals surface area (Å²) in [5.74, 6) is 0.927. The molecule has 0 aliphatic heterocycles. The average Bonchev–Trinajstić information content (AvgIpc) is 3.05. The monoisotopic (exact) mass is 431 g/mol. The number of para-hydroxylation sites is 2. The number of nitrogens with zero attached hydrogens (tertiary/aromatic N) is 2. The van der Waals surface area contributed by atoms with E-state index in [-0.39, 0.29) is 18.9 Å². The van der Waals surface area contributed by atoms with Crippen LogP contribution in [-0.4, -0.2) is 34.8 Å². The highest BCUT2D eigenvalue weighted by atomic mass is 35.5. The van der Waals surface area contributed by atoms with Gasteiger partial charge in [0.1, 0.15) is 12.4 Å². The van der Waals surface area contributed by atoms with E-state index in [1.54, 1.807) is 36.0 Å². The molecular formula is C21H22ClN3O3S. The molecule has 1 N–H and O–H groups in total. The van der Waals surface area contributed by atoms with Gasteiger partial charge in [-0.05, 0) is 36.1 Å². The van der Waals surface area contributed by atoms with Gasteiger partial charge in [0, 0.05) is 5.02 Å². The van der Waals surface area contributed by atoms with Crippen LogP contribution < -0.4 is 5.32 Å². The van der Waals surface area contributed by atoms with E-state index in [0.29, 0.717) is 10.8 Å². The summed E-state index contributed by atoms with van der Waals surface area (Å²) in [5, 5.41) is 3.54. The van der Waals surface area contributed by atoms with Crippen LogP contribution in [0.3, 0.4) is 0 Å². The van der Waals surface area contributed by atoms with Crippen LogP contribution in [0.4, 0.5) is 0 Å². The Bertz CT molecular complexity index is 1000. The van der Waals surface area contributed by atoms with Gasteiger partial charge in [0.2, 0.25) is 5.91 Å². The van der Waals surface area contributed by atoms with E-state index in [4.69, 9.17) is 16.3 Å². The van der Waals surface area contributed by atoms with Gasteiger partial charge in [-0.1, -0.05) is 35.9 Å². The number of imidazole rings is 1. The second kappa shape index (κ2) is 9.80. The first-order chi connectivity index (χ1) is 14.0. The van der Waals surface area contributed by atoms with Gasteiger partial charge in [-0.15, -0.1) is 0 Å². The van der Waals surface area contributed by atoms with Crippen LogP contribution >= 0.6 is 23.4 Å². The van der Waals surface area contributed by atoms with E-state index >= 15 is 0 Å². The lowest BCUT2D eigenvalue weighted by atomic mass is 10.0. The number of hydrogen-bond donors (Lipinski definition) is 1. The fraction of sp³-hybridized carbons (Fsp3) is 0.286. The van der Waals surface area contributed by atoms with Gasteiger partial charge in [-0.3, -0.25) is 9.59 Å².